The summed E-state index contributed by atoms with van der Waals surface area (Å²) in [7, 11) is 0. The Morgan fingerprint density at radius 1 is 1.25 bits per heavy atom. The minimum absolute atomic E-state index is 0. The molecule has 0 aliphatic carbocycles. The fraction of sp³-hybridized carbons (Fsp3) is 0. The van der Waals surface area contributed by atoms with Gasteiger partial charge in [0.05, 0.1) is 0 Å². The third-order valence-corrected chi connectivity index (χ3v) is 0.930. The van der Waals surface area contributed by atoms with E-state index in [1.54, 1.807) is 24.3 Å². The molecule has 38 valence electrons. The summed E-state index contributed by atoms with van der Waals surface area (Å²) in [5.74, 6) is 0. The molecule has 0 bridgehead atoms. The molecule has 0 saturated carbocycles. The molecule has 0 radical (unpaired) electrons. The molecule has 1 aromatic carbocycles. The van der Waals surface area contributed by atoms with E-state index in [9.17, 15) is 0 Å². The van der Waals surface area contributed by atoms with E-state index in [4.69, 9.17) is 11.6 Å². The van der Waals surface area contributed by atoms with Crippen molar-refractivity contribution in [3.63, 3.8) is 0 Å². The normalized spacial score (nSPS) is 7.62. The van der Waals surface area contributed by atoms with Crippen molar-refractivity contribution < 1.29 is 27.3 Å². The molecule has 0 spiro atoms. The second kappa shape index (κ2) is 4.32. The van der Waals surface area contributed by atoms with Gasteiger partial charge in [0, 0.05) is 27.3 Å². The molecule has 0 amide bonds. The first-order valence-electron chi connectivity index (χ1n) is 2.01. The van der Waals surface area contributed by atoms with Crippen LogP contribution in [0.15, 0.2) is 24.3 Å². The van der Waals surface area contributed by atoms with E-state index >= 15 is 0 Å². The van der Waals surface area contributed by atoms with Crippen molar-refractivity contribution >= 4 is 11.6 Å². The third-order valence-electron chi connectivity index (χ3n) is 0.678. The zero-order valence-corrected chi connectivity index (χ0v) is 9.19. The zero-order valence-electron chi connectivity index (χ0n) is 4.39. The Morgan fingerprint density at radius 3 is 2.00 bits per heavy atom. The van der Waals surface area contributed by atoms with Gasteiger partial charge in [-0.1, -0.05) is 5.02 Å². The predicted octanol–water partition coefficient (Wildman–Crippen LogP) is 2.14. The smallest absolute Gasteiger partial charge is 0 e. The van der Waals surface area contributed by atoms with Crippen molar-refractivity contribution in [2.75, 3.05) is 0 Å². The monoisotopic (exact) mass is 225 g/mol. The Labute approximate surface area is 74.0 Å². The molecule has 0 unspecified atom stereocenters. The van der Waals surface area contributed by atoms with Crippen LogP contribution in [-0.2, 0) is 27.3 Å². The van der Waals surface area contributed by atoms with Crippen LogP contribution in [0.5, 0.6) is 0 Å². The van der Waals surface area contributed by atoms with E-state index in [0.29, 0.717) is 0 Å². The number of benzene rings is 1. The van der Waals surface area contributed by atoms with Crippen molar-refractivity contribution in [3.05, 3.63) is 35.4 Å². The van der Waals surface area contributed by atoms with E-state index in [2.05, 4.69) is 6.07 Å². The van der Waals surface area contributed by atoms with E-state index in [-0.39, 0.29) is 27.3 Å². The molecule has 0 aromatic heterocycles. The fourth-order valence-electron chi connectivity index (χ4n) is 0.367. The van der Waals surface area contributed by atoms with Crippen LogP contribution in [0, 0.1) is 6.07 Å². The first-order valence-corrected chi connectivity index (χ1v) is 2.39. The van der Waals surface area contributed by atoms with Gasteiger partial charge in [-0.3, -0.25) is 0 Å². The fourth-order valence-corrected chi connectivity index (χ4v) is 0.493. The Kier molecular flexibility index (Phi) is 4.56. The largest absolute Gasteiger partial charge is 0.184 e. The van der Waals surface area contributed by atoms with Crippen molar-refractivity contribution in [2.45, 2.75) is 0 Å². The maximum Gasteiger partial charge on any atom is 0 e. The van der Waals surface area contributed by atoms with Crippen LogP contribution in [-0.4, -0.2) is 0 Å². The minimum atomic E-state index is 0. The molecule has 0 aliphatic heterocycles. The van der Waals surface area contributed by atoms with Gasteiger partial charge >= 0.3 is 0 Å². The molecule has 0 aliphatic rings. The van der Waals surface area contributed by atoms with Gasteiger partial charge in [-0.25, -0.2) is 0 Å². The van der Waals surface area contributed by atoms with Gasteiger partial charge in [-0.05, 0) is 0 Å². The van der Waals surface area contributed by atoms with E-state index in [1.807, 2.05) is 0 Å². The second-order valence-electron chi connectivity index (χ2n) is 1.22. The average Bonchev–Trinajstić information content (AvgIpc) is 1.69. The van der Waals surface area contributed by atoms with Crippen molar-refractivity contribution in [1.29, 1.82) is 0 Å². The molecular formula is C6H4CdCl-. The molecule has 1 rings (SSSR count). The van der Waals surface area contributed by atoms with Crippen LogP contribution in [0.4, 0.5) is 0 Å². The van der Waals surface area contributed by atoms with Gasteiger partial charge in [-0.15, -0.1) is 11.6 Å². The molecular weight excluding hydrogens is 220 g/mol. The Balaban J connectivity index is 0.000000490. The SMILES string of the molecule is Clc1cc[c-]cc1.[Cd]. The number of halogens is 1. The topological polar surface area (TPSA) is 0 Å². The zero-order chi connectivity index (χ0) is 5.11. The van der Waals surface area contributed by atoms with Crippen LogP contribution in [0.1, 0.15) is 0 Å². The molecule has 0 nitrogen and oxygen atoms in total. The summed E-state index contributed by atoms with van der Waals surface area (Å²) >= 11 is 5.52. The number of hydrogen-bond acceptors (Lipinski definition) is 0. The number of rotatable bonds is 0. The molecule has 0 heterocycles. The molecule has 1 aromatic rings. The standard InChI is InChI=1S/C6H4Cl.Cd/c7-6-4-2-1-3-5-6;/h2-5H;/q-1;. The predicted molar refractivity (Wildman–Crippen MR) is 30.3 cm³/mol. The first kappa shape index (κ1) is 8.43. The summed E-state index contributed by atoms with van der Waals surface area (Å²) in [5.41, 5.74) is 0. The van der Waals surface area contributed by atoms with E-state index in [1.165, 1.54) is 0 Å². The van der Waals surface area contributed by atoms with Gasteiger partial charge < -0.3 is 0 Å². The van der Waals surface area contributed by atoms with Crippen molar-refractivity contribution in [2.24, 2.45) is 0 Å². The maximum absolute atomic E-state index is 5.52. The van der Waals surface area contributed by atoms with Gasteiger partial charge in [0.25, 0.3) is 0 Å². The molecule has 2 heteroatoms. The Morgan fingerprint density at radius 2 is 1.75 bits per heavy atom. The summed E-state index contributed by atoms with van der Waals surface area (Å²) in [6.07, 6.45) is 0. The summed E-state index contributed by atoms with van der Waals surface area (Å²) in [4.78, 5) is 0. The summed E-state index contributed by atoms with van der Waals surface area (Å²) < 4.78 is 0. The molecule has 0 atom stereocenters. The quantitative estimate of drug-likeness (QED) is 0.467. The molecule has 0 saturated heterocycles. The second-order valence-corrected chi connectivity index (χ2v) is 1.65. The van der Waals surface area contributed by atoms with Crippen LogP contribution >= 0.6 is 11.6 Å². The van der Waals surface area contributed by atoms with Crippen molar-refractivity contribution in [3.8, 4) is 0 Å². The molecule has 0 fully saturated rings. The van der Waals surface area contributed by atoms with Crippen LogP contribution < -0.4 is 0 Å². The van der Waals surface area contributed by atoms with Gasteiger partial charge in [0.1, 0.15) is 0 Å². The maximum atomic E-state index is 5.52. The van der Waals surface area contributed by atoms with Crippen LogP contribution in [0.3, 0.4) is 0 Å². The van der Waals surface area contributed by atoms with Gasteiger partial charge in [0.15, 0.2) is 0 Å². The summed E-state index contributed by atoms with van der Waals surface area (Å²) in [6, 6.07) is 10.00. The van der Waals surface area contributed by atoms with Gasteiger partial charge in [-0.2, -0.15) is 30.3 Å². The van der Waals surface area contributed by atoms with E-state index < -0.39 is 0 Å². The van der Waals surface area contributed by atoms with Gasteiger partial charge in [0.2, 0.25) is 0 Å². The van der Waals surface area contributed by atoms with Crippen LogP contribution in [0.2, 0.25) is 5.02 Å². The van der Waals surface area contributed by atoms with Crippen molar-refractivity contribution in [1.82, 2.24) is 0 Å². The average molecular weight is 224 g/mol. The molecule has 0 N–H and O–H groups in total. The van der Waals surface area contributed by atoms with E-state index in [0.717, 1.165) is 5.02 Å². The third kappa shape index (κ3) is 2.67. The minimum Gasteiger partial charge on any atom is -0.184 e. The molecule has 8 heavy (non-hydrogen) atoms. The summed E-state index contributed by atoms with van der Waals surface area (Å²) in [6.45, 7) is 0. The number of hydrogen-bond donors (Lipinski definition) is 0. The Hall–Kier alpha value is 0.432. The van der Waals surface area contributed by atoms with Crippen LogP contribution in [0.25, 0.3) is 0 Å². The first-order chi connectivity index (χ1) is 3.39. The summed E-state index contributed by atoms with van der Waals surface area (Å²) in [5, 5.41) is 0.763. The Bertz CT molecular complexity index is 138.